The van der Waals surface area contributed by atoms with Crippen molar-refractivity contribution in [3.63, 3.8) is 0 Å². The molecule has 8 heteroatoms. The molecule has 1 saturated heterocycles. The van der Waals surface area contributed by atoms with Crippen LogP contribution in [0.2, 0.25) is 0 Å². The van der Waals surface area contributed by atoms with Crippen LogP contribution in [-0.2, 0) is 5.54 Å². The second-order valence-corrected chi connectivity index (χ2v) is 8.02. The average molecular weight is 370 g/mol. The van der Waals surface area contributed by atoms with E-state index in [0.29, 0.717) is 16.8 Å². The lowest BCUT2D eigenvalue weighted by atomic mass is 10.1. The summed E-state index contributed by atoms with van der Waals surface area (Å²) < 4.78 is 0. The molecule has 0 radical (unpaired) electrons. The SMILES string of the molecule is CSC1CCCN(C(=O)c2cnc(NC3(c4cncnc4)CC3)nc2)C1. The van der Waals surface area contributed by atoms with Crippen LogP contribution in [0.25, 0.3) is 0 Å². The molecule has 1 atom stereocenters. The highest BCUT2D eigenvalue weighted by molar-refractivity contribution is 7.99. The second kappa shape index (κ2) is 7.19. The third-order valence-corrected chi connectivity index (χ3v) is 6.16. The van der Waals surface area contributed by atoms with Crippen LogP contribution in [0.4, 0.5) is 5.95 Å². The average Bonchev–Trinajstić information content (AvgIpc) is 3.49. The number of amides is 1. The molecule has 2 fully saturated rings. The summed E-state index contributed by atoms with van der Waals surface area (Å²) in [4.78, 5) is 31.5. The molecule has 2 aliphatic rings. The van der Waals surface area contributed by atoms with Gasteiger partial charge in [0.1, 0.15) is 6.33 Å². The molecule has 7 nitrogen and oxygen atoms in total. The first-order valence-electron chi connectivity index (χ1n) is 8.88. The zero-order valence-corrected chi connectivity index (χ0v) is 15.6. The zero-order chi connectivity index (χ0) is 18.0. The van der Waals surface area contributed by atoms with Gasteiger partial charge in [0, 0.05) is 48.7 Å². The van der Waals surface area contributed by atoms with E-state index in [4.69, 9.17) is 0 Å². The van der Waals surface area contributed by atoms with Crippen molar-refractivity contribution in [3.05, 3.63) is 42.2 Å². The lowest BCUT2D eigenvalue weighted by molar-refractivity contribution is 0.0728. The molecule has 0 spiro atoms. The maximum absolute atomic E-state index is 12.7. The monoisotopic (exact) mass is 370 g/mol. The van der Waals surface area contributed by atoms with Gasteiger partial charge in [0.25, 0.3) is 5.91 Å². The largest absolute Gasteiger partial charge is 0.345 e. The van der Waals surface area contributed by atoms with Crippen LogP contribution in [0.3, 0.4) is 0 Å². The summed E-state index contributed by atoms with van der Waals surface area (Å²) in [6.45, 7) is 1.62. The van der Waals surface area contributed by atoms with Crippen molar-refractivity contribution in [2.45, 2.75) is 36.5 Å². The molecule has 0 bridgehead atoms. The molecule has 2 aromatic heterocycles. The van der Waals surface area contributed by atoms with Gasteiger partial charge >= 0.3 is 0 Å². The number of carbonyl (C=O) groups excluding carboxylic acids is 1. The van der Waals surface area contributed by atoms with E-state index in [9.17, 15) is 4.79 Å². The van der Waals surface area contributed by atoms with Gasteiger partial charge in [0.05, 0.1) is 11.1 Å². The smallest absolute Gasteiger partial charge is 0.257 e. The van der Waals surface area contributed by atoms with Crippen molar-refractivity contribution in [1.29, 1.82) is 0 Å². The predicted molar refractivity (Wildman–Crippen MR) is 101 cm³/mol. The Morgan fingerprint density at radius 3 is 2.62 bits per heavy atom. The number of thioether (sulfide) groups is 1. The highest BCUT2D eigenvalue weighted by Gasteiger charge is 2.45. The Kier molecular flexibility index (Phi) is 4.76. The van der Waals surface area contributed by atoms with E-state index >= 15 is 0 Å². The number of piperidine rings is 1. The normalized spacial score (nSPS) is 21.3. The third kappa shape index (κ3) is 3.51. The molecule has 136 valence electrons. The van der Waals surface area contributed by atoms with Crippen LogP contribution in [0.1, 0.15) is 41.6 Å². The fourth-order valence-corrected chi connectivity index (χ4v) is 4.10. The summed E-state index contributed by atoms with van der Waals surface area (Å²) in [5.41, 5.74) is 1.41. The maximum Gasteiger partial charge on any atom is 0.257 e. The highest BCUT2D eigenvalue weighted by atomic mass is 32.2. The first-order valence-corrected chi connectivity index (χ1v) is 10.2. The number of hydrogen-bond acceptors (Lipinski definition) is 7. The van der Waals surface area contributed by atoms with E-state index < -0.39 is 0 Å². The van der Waals surface area contributed by atoms with Crippen LogP contribution in [0.5, 0.6) is 0 Å². The second-order valence-electron chi connectivity index (χ2n) is 6.88. The highest BCUT2D eigenvalue weighted by Crippen LogP contribution is 2.47. The van der Waals surface area contributed by atoms with Gasteiger partial charge in [-0.1, -0.05) is 0 Å². The number of rotatable bonds is 5. The first-order chi connectivity index (χ1) is 12.7. The van der Waals surface area contributed by atoms with E-state index in [0.717, 1.165) is 37.9 Å². The lowest BCUT2D eigenvalue weighted by Crippen LogP contribution is -2.41. The first kappa shape index (κ1) is 17.2. The van der Waals surface area contributed by atoms with Gasteiger partial charge in [-0.3, -0.25) is 4.79 Å². The number of anilines is 1. The predicted octanol–water partition coefficient (Wildman–Crippen LogP) is 2.34. The molecule has 26 heavy (non-hydrogen) atoms. The Morgan fingerprint density at radius 1 is 1.23 bits per heavy atom. The molecule has 2 aromatic rings. The Bertz CT molecular complexity index is 765. The van der Waals surface area contributed by atoms with Crippen molar-refractivity contribution in [2.24, 2.45) is 0 Å². The molecular formula is C18H22N6OS. The summed E-state index contributed by atoms with van der Waals surface area (Å²) in [6, 6.07) is 0. The third-order valence-electron chi connectivity index (χ3n) is 5.11. The summed E-state index contributed by atoms with van der Waals surface area (Å²) in [6.07, 6.45) is 14.7. The van der Waals surface area contributed by atoms with E-state index in [-0.39, 0.29) is 11.4 Å². The molecular weight excluding hydrogens is 348 g/mol. The minimum atomic E-state index is -0.175. The summed E-state index contributed by atoms with van der Waals surface area (Å²) >= 11 is 1.83. The Hall–Kier alpha value is -2.22. The Balaban J connectivity index is 1.43. The van der Waals surface area contributed by atoms with Gasteiger partial charge in [-0.25, -0.2) is 19.9 Å². The number of nitrogens with one attached hydrogen (secondary N) is 1. The topological polar surface area (TPSA) is 83.9 Å². The summed E-state index contributed by atoms with van der Waals surface area (Å²) in [7, 11) is 0. The van der Waals surface area contributed by atoms with Crippen molar-refractivity contribution >= 4 is 23.6 Å². The Morgan fingerprint density at radius 2 is 1.96 bits per heavy atom. The molecule has 0 aromatic carbocycles. The molecule has 1 unspecified atom stereocenters. The molecule has 1 amide bonds. The van der Waals surface area contributed by atoms with Crippen molar-refractivity contribution in [2.75, 3.05) is 24.7 Å². The lowest BCUT2D eigenvalue weighted by Gasteiger charge is -2.31. The molecule has 1 N–H and O–H groups in total. The zero-order valence-electron chi connectivity index (χ0n) is 14.8. The molecule has 1 saturated carbocycles. The number of hydrogen-bond donors (Lipinski definition) is 1. The van der Waals surface area contributed by atoms with Crippen LogP contribution in [-0.4, -0.2) is 55.3 Å². The van der Waals surface area contributed by atoms with Gasteiger partial charge in [-0.2, -0.15) is 11.8 Å². The standard InChI is InChI=1S/C18H22N6OS/c1-26-15-3-2-6-24(11-15)16(25)13-7-21-17(22-8-13)23-18(4-5-18)14-9-19-12-20-10-14/h7-10,12,15H,2-6,11H2,1H3,(H,21,22,23). The minimum Gasteiger partial charge on any atom is -0.345 e. The molecule has 1 aliphatic carbocycles. The van der Waals surface area contributed by atoms with Crippen LogP contribution >= 0.6 is 11.8 Å². The van der Waals surface area contributed by atoms with Gasteiger partial charge in [0.15, 0.2) is 0 Å². The van der Waals surface area contributed by atoms with Gasteiger partial charge in [-0.15, -0.1) is 0 Å². The fourth-order valence-electron chi connectivity index (χ4n) is 3.37. The maximum atomic E-state index is 12.7. The van der Waals surface area contributed by atoms with E-state index in [1.165, 1.54) is 12.7 Å². The molecule has 3 heterocycles. The van der Waals surface area contributed by atoms with E-state index in [1.807, 2.05) is 29.1 Å². The Labute approximate surface area is 157 Å². The van der Waals surface area contributed by atoms with Crippen LogP contribution in [0.15, 0.2) is 31.1 Å². The van der Waals surface area contributed by atoms with Crippen molar-refractivity contribution in [3.8, 4) is 0 Å². The number of aromatic nitrogens is 4. The van der Waals surface area contributed by atoms with Crippen molar-refractivity contribution in [1.82, 2.24) is 24.8 Å². The summed E-state index contributed by atoms with van der Waals surface area (Å²) in [5, 5.41) is 3.90. The van der Waals surface area contributed by atoms with Gasteiger partial charge in [-0.05, 0) is 31.9 Å². The molecule has 1 aliphatic heterocycles. The quantitative estimate of drug-likeness (QED) is 0.865. The van der Waals surface area contributed by atoms with Crippen LogP contribution in [0, 0.1) is 0 Å². The van der Waals surface area contributed by atoms with Crippen LogP contribution < -0.4 is 5.32 Å². The van der Waals surface area contributed by atoms with Gasteiger partial charge < -0.3 is 10.2 Å². The number of nitrogens with zero attached hydrogens (tertiary/aromatic N) is 5. The van der Waals surface area contributed by atoms with E-state index in [2.05, 4.69) is 31.5 Å². The van der Waals surface area contributed by atoms with Gasteiger partial charge in [0.2, 0.25) is 5.95 Å². The number of likely N-dealkylation sites (tertiary alicyclic amines) is 1. The fraction of sp³-hybridized carbons (Fsp3) is 0.500. The minimum absolute atomic E-state index is 0.0212. The molecule has 4 rings (SSSR count). The van der Waals surface area contributed by atoms with E-state index in [1.54, 1.807) is 12.4 Å². The summed E-state index contributed by atoms with van der Waals surface area (Å²) in [5.74, 6) is 0.552. The van der Waals surface area contributed by atoms with Crippen molar-refractivity contribution < 1.29 is 4.79 Å². The number of carbonyl (C=O) groups is 1.